The van der Waals surface area contributed by atoms with Crippen LogP contribution in [0.5, 0.6) is 11.5 Å². The third-order valence-corrected chi connectivity index (χ3v) is 5.92. The lowest BCUT2D eigenvalue weighted by Gasteiger charge is -2.13. The molecule has 1 N–H and O–H groups in total. The van der Waals surface area contributed by atoms with Crippen molar-refractivity contribution in [2.24, 2.45) is 7.05 Å². The summed E-state index contributed by atoms with van der Waals surface area (Å²) in [4.78, 5) is 12.6. The molecule has 1 heterocycles. The molecular formula is C22H26N4O3S. The Labute approximate surface area is 180 Å². The number of aryl methyl sites for hydroxylation is 1. The van der Waals surface area contributed by atoms with Crippen molar-refractivity contribution in [1.29, 1.82) is 0 Å². The van der Waals surface area contributed by atoms with Gasteiger partial charge in [0.15, 0.2) is 22.5 Å². The van der Waals surface area contributed by atoms with E-state index in [0.29, 0.717) is 23.2 Å². The smallest absolute Gasteiger partial charge is 0.233 e. The van der Waals surface area contributed by atoms with Crippen molar-refractivity contribution < 1.29 is 14.3 Å². The van der Waals surface area contributed by atoms with Crippen LogP contribution in [0.2, 0.25) is 0 Å². The monoisotopic (exact) mass is 426 g/mol. The molecule has 0 saturated heterocycles. The number of ether oxygens (including phenoxy) is 2. The van der Waals surface area contributed by atoms with Gasteiger partial charge in [-0.05, 0) is 37.1 Å². The molecule has 0 aliphatic carbocycles. The van der Waals surface area contributed by atoms with Crippen LogP contribution in [0.1, 0.15) is 18.1 Å². The highest BCUT2D eigenvalue weighted by Gasteiger charge is 2.20. The van der Waals surface area contributed by atoms with Crippen LogP contribution >= 0.6 is 11.8 Å². The maximum Gasteiger partial charge on any atom is 0.233 e. The number of nitrogens with zero attached hydrogens (tertiary/aromatic N) is 3. The van der Waals surface area contributed by atoms with Gasteiger partial charge in [-0.3, -0.25) is 4.79 Å². The van der Waals surface area contributed by atoms with Crippen molar-refractivity contribution in [1.82, 2.24) is 20.1 Å². The molecule has 0 aliphatic heterocycles. The Balaban J connectivity index is 1.63. The standard InChI is InChI=1S/C22H26N4O3S/c1-14-8-6-7-9-17(14)20-24-25-22(26(20)3)30-15(2)21(27)23-13-16-10-11-18(28-4)19(12-16)29-5/h6-12,15H,13H2,1-5H3,(H,23,27). The largest absolute Gasteiger partial charge is 0.493 e. The van der Waals surface area contributed by atoms with Gasteiger partial charge in [0.2, 0.25) is 5.91 Å². The van der Waals surface area contributed by atoms with Gasteiger partial charge in [0.25, 0.3) is 0 Å². The van der Waals surface area contributed by atoms with Crippen LogP contribution in [0.4, 0.5) is 0 Å². The minimum Gasteiger partial charge on any atom is -0.493 e. The summed E-state index contributed by atoms with van der Waals surface area (Å²) in [5.41, 5.74) is 3.09. The molecule has 2 aromatic carbocycles. The molecule has 0 saturated carbocycles. The van der Waals surface area contributed by atoms with Crippen molar-refractivity contribution in [2.75, 3.05) is 14.2 Å². The molecular weight excluding hydrogens is 400 g/mol. The molecule has 158 valence electrons. The SMILES string of the molecule is COc1ccc(CNC(=O)C(C)Sc2nnc(-c3ccccc3C)n2C)cc1OC. The molecule has 0 spiro atoms. The maximum atomic E-state index is 12.6. The maximum absolute atomic E-state index is 12.6. The number of thioether (sulfide) groups is 1. The Bertz CT molecular complexity index is 1030. The number of hydrogen-bond donors (Lipinski definition) is 1. The molecule has 7 nitrogen and oxygen atoms in total. The third-order valence-electron chi connectivity index (χ3n) is 4.79. The molecule has 1 unspecified atom stereocenters. The number of methoxy groups -OCH3 is 2. The number of benzene rings is 2. The second-order valence-electron chi connectivity index (χ2n) is 6.85. The van der Waals surface area contributed by atoms with Gasteiger partial charge in [-0.1, -0.05) is 42.1 Å². The van der Waals surface area contributed by atoms with E-state index in [9.17, 15) is 4.79 Å². The van der Waals surface area contributed by atoms with Crippen LogP contribution in [0, 0.1) is 6.92 Å². The summed E-state index contributed by atoms with van der Waals surface area (Å²) in [7, 11) is 5.10. The van der Waals surface area contributed by atoms with E-state index in [0.717, 1.165) is 22.5 Å². The van der Waals surface area contributed by atoms with Crippen molar-refractivity contribution in [3.63, 3.8) is 0 Å². The highest BCUT2D eigenvalue weighted by Crippen LogP contribution is 2.29. The Morgan fingerprint density at radius 2 is 1.87 bits per heavy atom. The first-order valence-corrected chi connectivity index (χ1v) is 10.4. The summed E-state index contributed by atoms with van der Waals surface area (Å²) in [5.74, 6) is 2.00. The fourth-order valence-corrected chi connectivity index (χ4v) is 3.85. The zero-order valence-corrected chi connectivity index (χ0v) is 18.6. The number of rotatable bonds is 8. The molecule has 1 amide bonds. The highest BCUT2D eigenvalue weighted by molar-refractivity contribution is 8.00. The van der Waals surface area contributed by atoms with Gasteiger partial charge >= 0.3 is 0 Å². The Hall–Kier alpha value is -3.00. The predicted octanol–water partition coefficient (Wildman–Crippen LogP) is 3.60. The van der Waals surface area contributed by atoms with Crippen LogP contribution in [0.3, 0.4) is 0 Å². The van der Waals surface area contributed by atoms with E-state index in [2.05, 4.69) is 15.5 Å². The van der Waals surface area contributed by atoms with E-state index in [1.54, 1.807) is 14.2 Å². The van der Waals surface area contributed by atoms with E-state index in [-0.39, 0.29) is 11.2 Å². The average molecular weight is 427 g/mol. The third kappa shape index (κ3) is 4.76. The molecule has 1 aromatic heterocycles. The van der Waals surface area contributed by atoms with E-state index in [1.807, 2.05) is 67.9 Å². The molecule has 0 fully saturated rings. The van der Waals surface area contributed by atoms with E-state index in [4.69, 9.17) is 9.47 Å². The Morgan fingerprint density at radius 1 is 1.13 bits per heavy atom. The molecule has 0 bridgehead atoms. The first-order valence-electron chi connectivity index (χ1n) is 9.55. The number of carbonyl (C=O) groups excluding carboxylic acids is 1. The van der Waals surface area contributed by atoms with Gasteiger partial charge in [0.05, 0.1) is 19.5 Å². The van der Waals surface area contributed by atoms with Crippen LogP contribution in [0.15, 0.2) is 47.6 Å². The molecule has 8 heteroatoms. The van der Waals surface area contributed by atoms with Crippen LogP contribution in [0.25, 0.3) is 11.4 Å². The van der Waals surface area contributed by atoms with E-state index in [1.165, 1.54) is 11.8 Å². The number of hydrogen-bond acceptors (Lipinski definition) is 6. The van der Waals surface area contributed by atoms with Crippen molar-refractivity contribution >= 4 is 17.7 Å². The number of nitrogens with one attached hydrogen (secondary N) is 1. The predicted molar refractivity (Wildman–Crippen MR) is 118 cm³/mol. The minimum absolute atomic E-state index is 0.0739. The van der Waals surface area contributed by atoms with E-state index < -0.39 is 0 Å². The first-order chi connectivity index (χ1) is 14.4. The van der Waals surface area contributed by atoms with Gasteiger partial charge in [-0.15, -0.1) is 10.2 Å². The van der Waals surface area contributed by atoms with Gasteiger partial charge < -0.3 is 19.4 Å². The van der Waals surface area contributed by atoms with E-state index >= 15 is 0 Å². The topological polar surface area (TPSA) is 78.3 Å². The molecule has 0 aliphatic rings. The lowest BCUT2D eigenvalue weighted by atomic mass is 10.1. The van der Waals surface area contributed by atoms with Gasteiger partial charge in [-0.25, -0.2) is 0 Å². The summed E-state index contributed by atoms with van der Waals surface area (Å²) >= 11 is 1.38. The van der Waals surface area contributed by atoms with Crippen LogP contribution < -0.4 is 14.8 Å². The lowest BCUT2D eigenvalue weighted by molar-refractivity contribution is -0.120. The van der Waals surface area contributed by atoms with Crippen LogP contribution in [-0.4, -0.2) is 40.1 Å². The Morgan fingerprint density at radius 3 is 2.57 bits per heavy atom. The van der Waals surface area contributed by atoms with Crippen molar-refractivity contribution in [3.05, 3.63) is 53.6 Å². The second-order valence-corrected chi connectivity index (χ2v) is 8.16. The normalized spacial score (nSPS) is 11.8. The zero-order chi connectivity index (χ0) is 21.7. The van der Waals surface area contributed by atoms with Crippen molar-refractivity contribution in [3.8, 4) is 22.9 Å². The summed E-state index contributed by atoms with van der Waals surface area (Å²) in [5, 5.41) is 11.9. The quantitative estimate of drug-likeness (QED) is 0.555. The number of aromatic nitrogens is 3. The molecule has 3 aromatic rings. The summed E-state index contributed by atoms with van der Waals surface area (Å²) < 4.78 is 12.5. The summed E-state index contributed by atoms with van der Waals surface area (Å²) in [6.45, 7) is 4.30. The first kappa shape index (κ1) is 21.7. The average Bonchev–Trinajstić information content (AvgIpc) is 3.11. The summed E-state index contributed by atoms with van der Waals surface area (Å²) in [6, 6.07) is 13.6. The Kier molecular flexibility index (Phi) is 6.99. The zero-order valence-electron chi connectivity index (χ0n) is 17.8. The number of carbonyl (C=O) groups is 1. The molecule has 3 rings (SSSR count). The lowest BCUT2D eigenvalue weighted by Crippen LogP contribution is -2.30. The fourth-order valence-electron chi connectivity index (χ4n) is 3.01. The van der Waals surface area contributed by atoms with Gasteiger partial charge in [0, 0.05) is 19.2 Å². The minimum atomic E-state index is -0.322. The van der Waals surface area contributed by atoms with Crippen LogP contribution in [-0.2, 0) is 18.4 Å². The number of amides is 1. The van der Waals surface area contributed by atoms with Gasteiger partial charge in [-0.2, -0.15) is 0 Å². The molecule has 30 heavy (non-hydrogen) atoms. The summed E-state index contributed by atoms with van der Waals surface area (Å²) in [6.07, 6.45) is 0. The fraction of sp³-hybridized carbons (Fsp3) is 0.318. The molecule has 0 radical (unpaired) electrons. The molecule has 1 atom stereocenters. The van der Waals surface area contributed by atoms with Gasteiger partial charge in [0.1, 0.15) is 0 Å². The van der Waals surface area contributed by atoms with Crippen molar-refractivity contribution in [2.45, 2.75) is 30.8 Å². The highest BCUT2D eigenvalue weighted by atomic mass is 32.2. The second kappa shape index (κ2) is 9.67.